The molecule has 0 saturated heterocycles. The van der Waals surface area contributed by atoms with Gasteiger partial charge < -0.3 is 10.6 Å². The van der Waals surface area contributed by atoms with Crippen LogP contribution in [0.4, 0.5) is 19.3 Å². The van der Waals surface area contributed by atoms with Gasteiger partial charge in [-0.15, -0.1) is 0 Å². The van der Waals surface area contributed by atoms with Crippen LogP contribution >= 0.6 is 11.6 Å². The Labute approximate surface area is 125 Å². The summed E-state index contributed by atoms with van der Waals surface area (Å²) in [6.07, 6.45) is 0.370. The fourth-order valence-electron chi connectivity index (χ4n) is 1.76. The molecule has 0 atom stereocenters. The van der Waals surface area contributed by atoms with Crippen LogP contribution in [0.1, 0.15) is 5.56 Å². The van der Waals surface area contributed by atoms with Crippen molar-refractivity contribution < 1.29 is 13.6 Å². The van der Waals surface area contributed by atoms with E-state index in [0.717, 1.165) is 6.07 Å². The molecule has 2 aromatic rings. The number of urea groups is 1. The molecule has 0 fully saturated rings. The average molecular weight is 311 g/mol. The molecular weight excluding hydrogens is 298 g/mol. The zero-order chi connectivity index (χ0) is 15.2. The van der Waals surface area contributed by atoms with Crippen LogP contribution in [-0.4, -0.2) is 12.6 Å². The molecule has 2 aromatic carbocycles. The average Bonchev–Trinajstić information content (AvgIpc) is 2.45. The Morgan fingerprint density at radius 1 is 1.10 bits per heavy atom. The van der Waals surface area contributed by atoms with Crippen molar-refractivity contribution in [3.8, 4) is 0 Å². The van der Waals surface area contributed by atoms with E-state index in [4.69, 9.17) is 11.6 Å². The highest BCUT2D eigenvalue weighted by Gasteiger charge is 2.05. The lowest BCUT2D eigenvalue weighted by molar-refractivity contribution is 0.252. The third-order valence-electron chi connectivity index (χ3n) is 2.82. The maximum atomic E-state index is 13.4. The standard InChI is InChI=1S/C15H13ClF2N2O/c16-12-6-5-11(9-14(12)18)20-15(21)19-8-7-10-3-1-2-4-13(10)17/h1-6,9H,7-8H2,(H2,19,20,21). The second-order valence-corrected chi connectivity index (χ2v) is 4.76. The van der Waals surface area contributed by atoms with Gasteiger partial charge >= 0.3 is 6.03 Å². The van der Waals surface area contributed by atoms with Crippen molar-refractivity contribution in [2.24, 2.45) is 0 Å². The van der Waals surface area contributed by atoms with Gasteiger partial charge in [-0.3, -0.25) is 0 Å². The van der Waals surface area contributed by atoms with Crippen molar-refractivity contribution in [3.63, 3.8) is 0 Å². The summed E-state index contributed by atoms with van der Waals surface area (Å²) in [5, 5.41) is 5.02. The number of hydrogen-bond donors (Lipinski definition) is 2. The summed E-state index contributed by atoms with van der Waals surface area (Å²) < 4.78 is 26.6. The number of hydrogen-bond acceptors (Lipinski definition) is 1. The number of nitrogens with one attached hydrogen (secondary N) is 2. The minimum absolute atomic E-state index is 0.0134. The van der Waals surface area contributed by atoms with E-state index in [1.54, 1.807) is 18.2 Å². The van der Waals surface area contributed by atoms with Gasteiger partial charge in [0.1, 0.15) is 11.6 Å². The molecule has 3 nitrogen and oxygen atoms in total. The summed E-state index contributed by atoms with van der Waals surface area (Å²) in [5.74, 6) is -0.916. The molecule has 0 aliphatic rings. The van der Waals surface area contributed by atoms with E-state index < -0.39 is 11.8 Å². The SMILES string of the molecule is O=C(NCCc1ccccc1F)Nc1ccc(Cl)c(F)c1. The monoisotopic (exact) mass is 310 g/mol. The zero-order valence-electron chi connectivity index (χ0n) is 11.0. The van der Waals surface area contributed by atoms with Crippen LogP contribution in [-0.2, 0) is 6.42 Å². The minimum atomic E-state index is -0.610. The van der Waals surface area contributed by atoms with Crippen LogP contribution in [0, 0.1) is 11.6 Å². The number of carbonyl (C=O) groups excluding carboxylic acids is 1. The van der Waals surface area contributed by atoms with Crippen LogP contribution < -0.4 is 10.6 Å². The van der Waals surface area contributed by atoms with Gasteiger partial charge in [0.2, 0.25) is 0 Å². The number of anilines is 1. The molecule has 0 aliphatic heterocycles. The molecule has 0 saturated carbocycles. The minimum Gasteiger partial charge on any atom is -0.338 e. The van der Waals surface area contributed by atoms with Gasteiger partial charge in [-0.05, 0) is 36.2 Å². The van der Waals surface area contributed by atoms with Crippen LogP contribution in [0.5, 0.6) is 0 Å². The molecule has 2 amide bonds. The van der Waals surface area contributed by atoms with Crippen molar-refractivity contribution in [3.05, 3.63) is 64.7 Å². The van der Waals surface area contributed by atoms with E-state index in [2.05, 4.69) is 10.6 Å². The number of halogens is 3. The van der Waals surface area contributed by atoms with Crippen LogP contribution in [0.2, 0.25) is 5.02 Å². The van der Waals surface area contributed by atoms with E-state index in [1.807, 2.05) is 0 Å². The van der Waals surface area contributed by atoms with E-state index in [-0.39, 0.29) is 17.4 Å². The Hall–Kier alpha value is -2.14. The molecule has 0 aliphatic carbocycles. The lowest BCUT2D eigenvalue weighted by Crippen LogP contribution is -2.30. The Balaban J connectivity index is 1.82. The normalized spacial score (nSPS) is 10.2. The van der Waals surface area contributed by atoms with Gasteiger partial charge in [0.25, 0.3) is 0 Å². The van der Waals surface area contributed by atoms with E-state index in [9.17, 15) is 13.6 Å². The van der Waals surface area contributed by atoms with Crippen molar-refractivity contribution in [2.45, 2.75) is 6.42 Å². The summed E-state index contributed by atoms with van der Waals surface area (Å²) in [5.41, 5.74) is 0.815. The summed E-state index contributed by atoms with van der Waals surface area (Å²) in [4.78, 5) is 11.6. The summed E-state index contributed by atoms with van der Waals surface area (Å²) in [6, 6.07) is 9.83. The fraction of sp³-hybridized carbons (Fsp3) is 0.133. The second-order valence-electron chi connectivity index (χ2n) is 4.35. The molecular formula is C15H13ClF2N2O. The predicted molar refractivity (Wildman–Crippen MR) is 78.5 cm³/mol. The van der Waals surface area contributed by atoms with E-state index >= 15 is 0 Å². The lowest BCUT2D eigenvalue weighted by Gasteiger charge is -2.08. The van der Waals surface area contributed by atoms with Gasteiger partial charge in [-0.2, -0.15) is 0 Å². The van der Waals surface area contributed by atoms with Gasteiger partial charge in [-0.1, -0.05) is 29.8 Å². The summed E-state index contributed by atoms with van der Waals surface area (Å²) >= 11 is 5.54. The molecule has 0 radical (unpaired) electrons. The Morgan fingerprint density at radius 2 is 1.86 bits per heavy atom. The first-order valence-corrected chi connectivity index (χ1v) is 6.67. The zero-order valence-corrected chi connectivity index (χ0v) is 11.8. The number of rotatable bonds is 4. The van der Waals surface area contributed by atoms with Crippen molar-refractivity contribution in [1.29, 1.82) is 0 Å². The maximum Gasteiger partial charge on any atom is 0.319 e. The summed E-state index contributed by atoms with van der Waals surface area (Å²) in [7, 11) is 0. The lowest BCUT2D eigenvalue weighted by atomic mass is 10.1. The molecule has 110 valence electrons. The smallest absolute Gasteiger partial charge is 0.319 e. The molecule has 2 N–H and O–H groups in total. The molecule has 21 heavy (non-hydrogen) atoms. The van der Waals surface area contributed by atoms with E-state index in [1.165, 1.54) is 18.2 Å². The second kappa shape index (κ2) is 7.04. The van der Waals surface area contributed by atoms with Gasteiger partial charge in [-0.25, -0.2) is 13.6 Å². The quantitative estimate of drug-likeness (QED) is 0.881. The molecule has 0 spiro atoms. The van der Waals surface area contributed by atoms with Crippen LogP contribution in [0.3, 0.4) is 0 Å². The van der Waals surface area contributed by atoms with Crippen molar-refractivity contribution in [2.75, 3.05) is 11.9 Å². The molecule has 0 unspecified atom stereocenters. The first kappa shape index (κ1) is 15.3. The van der Waals surface area contributed by atoms with Crippen molar-refractivity contribution in [1.82, 2.24) is 5.32 Å². The van der Waals surface area contributed by atoms with E-state index in [0.29, 0.717) is 17.7 Å². The maximum absolute atomic E-state index is 13.4. The number of amides is 2. The Morgan fingerprint density at radius 3 is 2.57 bits per heavy atom. The largest absolute Gasteiger partial charge is 0.338 e. The highest BCUT2D eigenvalue weighted by atomic mass is 35.5. The van der Waals surface area contributed by atoms with Gasteiger partial charge in [0, 0.05) is 12.2 Å². The third-order valence-corrected chi connectivity index (χ3v) is 3.12. The van der Waals surface area contributed by atoms with Gasteiger partial charge in [0.15, 0.2) is 0 Å². The Bertz CT molecular complexity index is 649. The highest BCUT2D eigenvalue weighted by molar-refractivity contribution is 6.30. The fourth-order valence-corrected chi connectivity index (χ4v) is 1.88. The topological polar surface area (TPSA) is 41.1 Å². The molecule has 0 aromatic heterocycles. The highest BCUT2D eigenvalue weighted by Crippen LogP contribution is 2.18. The summed E-state index contributed by atoms with van der Waals surface area (Å²) in [6.45, 7) is 0.267. The Kier molecular flexibility index (Phi) is 5.11. The first-order valence-electron chi connectivity index (χ1n) is 6.29. The first-order chi connectivity index (χ1) is 10.1. The molecule has 6 heteroatoms. The predicted octanol–water partition coefficient (Wildman–Crippen LogP) is 3.98. The van der Waals surface area contributed by atoms with Crippen LogP contribution in [0.25, 0.3) is 0 Å². The molecule has 0 bridgehead atoms. The number of benzene rings is 2. The van der Waals surface area contributed by atoms with Crippen LogP contribution in [0.15, 0.2) is 42.5 Å². The van der Waals surface area contributed by atoms with Crippen molar-refractivity contribution >= 4 is 23.3 Å². The molecule has 0 heterocycles. The third kappa shape index (κ3) is 4.43. The molecule has 2 rings (SSSR count). The van der Waals surface area contributed by atoms with Gasteiger partial charge in [0.05, 0.1) is 5.02 Å². The number of carbonyl (C=O) groups is 1.